The van der Waals surface area contributed by atoms with Gasteiger partial charge in [-0.05, 0) is 37.5 Å². The van der Waals surface area contributed by atoms with Gasteiger partial charge in [0.15, 0.2) is 0 Å². The molecule has 0 spiro atoms. The van der Waals surface area contributed by atoms with Crippen LogP contribution in [0.15, 0.2) is 36.7 Å². The molecule has 21 heavy (non-hydrogen) atoms. The summed E-state index contributed by atoms with van der Waals surface area (Å²) < 4.78 is 0. The minimum Gasteiger partial charge on any atom is -0.356 e. The molecular formula is C17H24N4. The first-order valence-electron chi connectivity index (χ1n) is 7.63. The average Bonchev–Trinajstić information content (AvgIpc) is 2.47. The molecule has 1 aromatic carbocycles. The number of nitrogens with one attached hydrogen (secondary N) is 1. The van der Waals surface area contributed by atoms with Crippen molar-refractivity contribution in [3.63, 3.8) is 0 Å². The standard InChI is InChI=1S/C17H24N4/c1-4-9-21(10-5-2)17-12-16(18-13-19-17)20-15-8-6-7-14(3)11-15/h6-8,11-13H,4-5,9-10H2,1-3H3,(H,18,19,20). The summed E-state index contributed by atoms with van der Waals surface area (Å²) in [7, 11) is 0. The van der Waals surface area contributed by atoms with Crippen molar-refractivity contribution in [1.82, 2.24) is 9.97 Å². The molecule has 0 unspecified atom stereocenters. The zero-order valence-corrected chi connectivity index (χ0v) is 13.1. The van der Waals surface area contributed by atoms with Crippen LogP contribution in [0.3, 0.4) is 0 Å². The lowest BCUT2D eigenvalue weighted by Gasteiger charge is -2.22. The number of anilines is 3. The number of hydrogen-bond acceptors (Lipinski definition) is 4. The van der Waals surface area contributed by atoms with Gasteiger partial charge in [-0.25, -0.2) is 9.97 Å². The zero-order valence-electron chi connectivity index (χ0n) is 13.1. The largest absolute Gasteiger partial charge is 0.356 e. The molecule has 4 heteroatoms. The Morgan fingerprint density at radius 2 is 1.81 bits per heavy atom. The van der Waals surface area contributed by atoms with Crippen LogP contribution in [0.1, 0.15) is 32.3 Å². The summed E-state index contributed by atoms with van der Waals surface area (Å²) in [6.45, 7) is 8.51. The normalized spacial score (nSPS) is 10.4. The Bertz CT molecular complexity index is 562. The van der Waals surface area contributed by atoms with Crippen LogP contribution in [-0.4, -0.2) is 23.1 Å². The zero-order chi connectivity index (χ0) is 15.1. The SMILES string of the molecule is CCCN(CCC)c1cc(Nc2cccc(C)c2)ncn1. The molecule has 1 heterocycles. The predicted octanol–water partition coefficient (Wildman–Crippen LogP) is 4.16. The molecule has 1 N–H and O–H groups in total. The van der Waals surface area contributed by atoms with E-state index in [-0.39, 0.29) is 0 Å². The maximum Gasteiger partial charge on any atom is 0.135 e. The average molecular weight is 284 g/mol. The van der Waals surface area contributed by atoms with Crippen molar-refractivity contribution in [3.8, 4) is 0 Å². The first-order chi connectivity index (χ1) is 10.2. The van der Waals surface area contributed by atoms with Gasteiger partial charge in [0, 0.05) is 24.8 Å². The van der Waals surface area contributed by atoms with Crippen LogP contribution in [0.2, 0.25) is 0 Å². The second-order valence-electron chi connectivity index (χ2n) is 5.24. The number of benzene rings is 1. The van der Waals surface area contributed by atoms with Gasteiger partial charge in [-0.15, -0.1) is 0 Å². The summed E-state index contributed by atoms with van der Waals surface area (Å²) in [6.07, 6.45) is 3.86. The Morgan fingerprint density at radius 3 is 2.48 bits per heavy atom. The second-order valence-corrected chi connectivity index (χ2v) is 5.24. The van der Waals surface area contributed by atoms with Crippen LogP contribution >= 0.6 is 0 Å². The van der Waals surface area contributed by atoms with Crippen molar-refractivity contribution in [1.29, 1.82) is 0 Å². The third-order valence-corrected chi connectivity index (χ3v) is 3.25. The molecule has 0 saturated heterocycles. The fraction of sp³-hybridized carbons (Fsp3) is 0.412. The fourth-order valence-corrected chi connectivity index (χ4v) is 2.34. The molecule has 4 nitrogen and oxygen atoms in total. The first-order valence-corrected chi connectivity index (χ1v) is 7.63. The minimum absolute atomic E-state index is 0.836. The highest BCUT2D eigenvalue weighted by atomic mass is 15.2. The van der Waals surface area contributed by atoms with E-state index in [9.17, 15) is 0 Å². The Hall–Kier alpha value is -2.10. The van der Waals surface area contributed by atoms with Crippen molar-refractivity contribution in [2.75, 3.05) is 23.3 Å². The lowest BCUT2D eigenvalue weighted by atomic mass is 10.2. The third-order valence-electron chi connectivity index (χ3n) is 3.25. The molecule has 2 rings (SSSR count). The van der Waals surface area contributed by atoms with Gasteiger partial charge in [0.05, 0.1) is 0 Å². The lowest BCUT2D eigenvalue weighted by molar-refractivity contribution is 0.733. The highest BCUT2D eigenvalue weighted by Crippen LogP contribution is 2.19. The quantitative estimate of drug-likeness (QED) is 0.829. The smallest absolute Gasteiger partial charge is 0.135 e. The van der Waals surface area contributed by atoms with Gasteiger partial charge in [0.25, 0.3) is 0 Å². The van der Waals surface area contributed by atoms with Gasteiger partial charge in [-0.1, -0.05) is 26.0 Å². The van der Waals surface area contributed by atoms with Gasteiger partial charge >= 0.3 is 0 Å². The molecular weight excluding hydrogens is 260 g/mol. The van der Waals surface area contributed by atoms with E-state index in [4.69, 9.17) is 0 Å². The van der Waals surface area contributed by atoms with Crippen molar-refractivity contribution in [3.05, 3.63) is 42.2 Å². The molecule has 0 saturated carbocycles. The summed E-state index contributed by atoms with van der Waals surface area (Å²) in [4.78, 5) is 11.0. The fourth-order valence-electron chi connectivity index (χ4n) is 2.34. The maximum atomic E-state index is 4.41. The van der Waals surface area contributed by atoms with E-state index in [1.54, 1.807) is 6.33 Å². The molecule has 0 radical (unpaired) electrons. The topological polar surface area (TPSA) is 41.0 Å². The molecule has 0 aliphatic rings. The van der Waals surface area contributed by atoms with Gasteiger partial charge < -0.3 is 10.2 Å². The summed E-state index contributed by atoms with van der Waals surface area (Å²) in [5.41, 5.74) is 2.28. The Labute approximate surface area is 127 Å². The van der Waals surface area contributed by atoms with Crippen molar-refractivity contribution in [2.24, 2.45) is 0 Å². The maximum absolute atomic E-state index is 4.41. The van der Waals surface area contributed by atoms with Gasteiger partial charge in [0.1, 0.15) is 18.0 Å². The molecule has 0 aliphatic carbocycles. The van der Waals surface area contributed by atoms with Crippen LogP contribution in [-0.2, 0) is 0 Å². The van der Waals surface area contributed by atoms with E-state index in [2.05, 4.69) is 53.1 Å². The van der Waals surface area contributed by atoms with Crippen molar-refractivity contribution < 1.29 is 0 Å². The summed E-state index contributed by atoms with van der Waals surface area (Å²) in [5, 5.41) is 3.35. The van der Waals surface area contributed by atoms with Crippen LogP contribution in [0, 0.1) is 6.92 Å². The Balaban J connectivity index is 2.16. The van der Waals surface area contributed by atoms with Crippen molar-refractivity contribution in [2.45, 2.75) is 33.6 Å². The monoisotopic (exact) mass is 284 g/mol. The molecule has 112 valence electrons. The van der Waals surface area contributed by atoms with E-state index in [0.29, 0.717) is 0 Å². The molecule has 0 atom stereocenters. The van der Waals surface area contributed by atoms with E-state index in [0.717, 1.165) is 43.3 Å². The molecule has 0 fully saturated rings. The number of hydrogen-bond donors (Lipinski definition) is 1. The number of nitrogens with zero attached hydrogens (tertiary/aromatic N) is 3. The third kappa shape index (κ3) is 4.45. The van der Waals surface area contributed by atoms with Crippen LogP contribution in [0.5, 0.6) is 0 Å². The van der Waals surface area contributed by atoms with Crippen LogP contribution < -0.4 is 10.2 Å². The predicted molar refractivity (Wildman–Crippen MR) is 89.3 cm³/mol. The lowest BCUT2D eigenvalue weighted by Crippen LogP contribution is -2.25. The van der Waals surface area contributed by atoms with Gasteiger partial charge in [-0.2, -0.15) is 0 Å². The summed E-state index contributed by atoms with van der Waals surface area (Å²) >= 11 is 0. The second kappa shape index (κ2) is 7.62. The molecule has 1 aromatic heterocycles. The highest BCUT2D eigenvalue weighted by molar-refractivity contribution is 5.59. The van der Waals surface area contributed by atoms with Crippen LogP contribution in [0.25, 0.3) is 0 Å². The van der Waals surface area contributed by atoms with E-state index in [1.807, 2.05) is 18.2 Å². The minimum atomic E-state index is 0.836. The number of rotatable bonds is 7. The van der Waals surface area contributed by atoms with Crippen molar-refractivity contribution >= 4 is 17.3 Å². The molecule has 0 amide bonds. The molecule has 2 aromatic rings. The number of aromatic nitrogens is 2. The molecule has 0 bridgehead atoms. The van der Waals surface area contributed by atoms with E-state index >= 15 is 0 Å². The van der Waals surface area contributed by atoms with E-state index in [1.165, 1.54) is 5.56 Å². The van der Waals surface area contributed by atoms with Gasteiger partial charge in [-0.3, -0.25) is 0 Å². The molecule has 0 aliphatic heterocycles. The Morgan fingerprint density at radius 1 is 1.05 bits per heavy atom. The van der Waals surface area contributed by atoms with Gasteiger partial charge in [0.2, 0.25) is 0 Å². The first kappa shape index (κ1) is 15.3. The highest BCUT2D eigenvalue weighted by Gasteiger charge is 2.07. The summed E-state index contributed by atoms with van der Waals surface area (Å²) in [5.74, 6) is 1.83. The van der Waals surface area contributed by atoms with E-state index < -0.39 is 0 Å². The number of aryl methyl sites for hydroxylation is 1. The summed E-state index contributed by atoms with van der Waals surface area (Å²) in [6, 6.07) is 10.3. The Kier molecular flexibility index (Phi) is 5.55. The van der Waals surface area contributed by atoms with Crippen LogP contribution in [0.4, 0.5) is 17.3 Å².